The highest BCUT2D eigenvalue weighted by Crippen LogP contribution is 2.41. The van der Waals surface area contributed by atoms with E-state index in [1.54, 1.807) is 24.3 Å². The van der Waals surface area contributed by atoms with Gasteiger partial charge in [-0.15, -0.1) is 0 Å². The average Bonchev–Trinajstić information content (AvgIpc) is 2.64. The second-order valence-corrected chi connectivity index (χ2v) is 6.43. The highest BCUT2D eigenvalue weighted by molar-refractivity contribution is 6.34. The molecule has 0 aliphatic rings. The van der Waals surface area contributed by atoms with E-state index in [2.05, 4.69) is 0 Å². The molecule has 0 saturated heterocycles. The van der Waals surface area contributed by atoms with Gasteiger partial charge < -0.3 is 10.2 Å². The molecule has 0 aliphatic heterocycles. The van der Waals surface area contributed by atoms with E-state index >= 15 is 0 Å². The number of aromatic carboxylic acids is 2. The highest BCUT2D eigenvalue weighted by Gasteiger charge is 2.18. The van der Waals surface area contributed by atoms with E-state index in [4.69, 9.17) is 0 Å². The van der Waals surface area contributed by atoms with E-state index in [1.165, 1.54) is 0 Å². The quantitative estimate of drug-likeness (QED) is 0.345. The SMILES string of the molecule is O=C(O)c1cc2cccc3c4ccc(C(=O)O)c5cccc(c(c1)c23)c54. The zero-order valence-electron chi connectivity index (χ0n) is 13.5. The Morgan fingerprint density at radius 3 is 2.00 bits per heavy atom. The number of rotatable bonds is 2. The molecule has 5 aromatic rings. The largest absolute Gasteiger partial charge is 0.478 e. The molecule has 0 bridgehead atoms. The lowest BCUT2D eigenvalue weighted by molar-refractivity contribution is 0.0687. The van der Waals surface area contributed by atoms with Gasteiger partial charge in [-0.3, -0.25) is 0 Å². The van der Waals surface area contributed by atoms with Crippen molar-refractivity contribution in [2.75, 3.05) is 0 Å². The van der Waals surface area contributed by atoms with Crippen LogP contribution in [0, 0.1) is 0 Å². The molecule has 0 radical (unpaired) electrons. The van der Waals surface area contributed by atoms with Gasteiger partial charge in [0.15, 0.2) is 0 Å². The van der Waals surface area contributed by atoms with E-state index in [0.717, 1.165) is 37.7 Å². The smallest absolute Gasteiger partial charge is 0.336 e. The molecule has 0 heterocycles. The van der Waals surface area contributed by atoms with Gasteiger partial charge in [0.2, 0.25) is 0 Å². The van der Waals surface area contributed by atoms with Gasteiger partial charge >= 0.3 is 11.9 Å². The fourth-order valence-corrected chi connectivity index (χ4v) is 4.03. The molecule has 0 aliphatic carbocycles. The summed E-state index contributed by atoms with van der Waals surface area (Å²) in [7, 11) is 0. The van der Waals surface area contributed by atoms with Gasteiger partial charge in [-0.1, -0.05) is 42.5 Å². The van der Waals surface area contributed by atoms with Crippen LogP contribution in [-0.4, -0.2) is 22.2 Å². The second-order valence-electron chi connectivity index (χ2n) is 6.43. The van der Waals surface area contributed by atoms with E-state index in [-0.39, 0.29) is 11.1 Å². The summed E-state index contributed by atoms with van der Waals surface area (Å²) >= 11 is 0. The number of fused-ring (bicyclic) bond motifs is 2. The van der Waals surface area contributed by atoms with Crippen LogP contribution < -0.4 is 0 Å². The molecule has 0 aromatic heterocycles. The molecule has 2 N–H and O–H groups in total. The van der Waals surface area contributed by atoms with Gasteiger partial charge in [-0.2, -0.15) is 0 Å². The molecule has 0 saturated carbocycles. The topological polar surface area (TPSA) is 74.6 Å². The summed E-state index contributed by atoms with van der Waals surface area (Å²) in [4.78, 5) is 23.2. The lowest BCUT2D eigenvalue weighted by atomic mass is 9.87. The summed E-state index contributed by atoms with van der Waals surface area (Å²) in [6.07, 6.45) is 0. The van der Waals surface area contributed by atoms with Gasteiger partial charge in [0.1, 0.15) is 0 Å². The van der Waals surface area contributed by atoms with Crippen molar-refractivity contribution in [3.05, 3.63) is 71.8 Å². The lowest BCUT2D eigenvalue weighted by Crippen LogP contribution is -1.99. The second kappa shape index (κ2) is 4.92. The van der Waals surface area contributed by atoms with E-state index < -0.39 is 11.9 Å². The number of carboxylic acids is 2. The first-order valence-electron chi connectivity index (χ1n) is 8.16. The van der Waals surface area contributed by atoms with Crippen molar-refractivity contribution >= 4 is 55.0 Å². The third kappa shape index (κ3) is 1.78. The normalized spacial score (nSPS) is 11.7. The Kier molecular flexibility index (Phi) is 2.78. The Morgan fingerprint density at radius 1 is 0.615 bits per heavy atom. The predicted octanol–water partition coefficient (Wildman–Crippen LogP) is 5.13. The average molecular weight is 340 g/mol. The fourth-order valence-electron chi connectivity index (χ4n) is 4.03. The first kappa shape index (κ1) is 14.7. The molecular formula is C22H12O4. The molecule has 4 heteroatoms. The van der Waals surface area contributed by atoms with Crippen LogP contribution in [-0.2, 0) is 0 Å². The summed E-state index contributed by atoms with van der Waals surface area (Å²) in [6, 6.07) is 18.2. The van der Waals surface area contributed by atoms with Gasteiger partial charge in [0.25, 0.3) is 0 Å². The predicted molar refractivity (Wildman–Crippen MR) is 102 cm³/mol. The zero-order chi connectivity index (χ0) is 18.0. The summed E-state index contributed by atoms with van der Waals surface area (Å²) in [5.41, 5.74) is 0.468. The summed E-state index contributed by atoms with van der Waals surface area (Å²) in [5.74, 6) is -1.96. The molecule has 4 nitrogen and oxygen atoms in total. The molecule has 0 atom stereocenters. The first-order valence-corrected chi connectivity index (χ1v) is 8.16. The van der Waals surface area contributed by atoms with Gasteiger partial charge in [0, 0.05) is 0 Å². The minimum Gasteiger partial charge on any atom is -0.478 e. The number of carboxylic acid groups (broad SMARTS) is 2. The first-order chi connectivity index (χ1) is 12.6. The number of hydrogen-bond donors (Lipinski definition) is 2. The Balaban J connectivity index is 2.15. The maximum Gasteiger partial charge on any atom is 0.336 e. The van der Waals surface area contributed by atoms with Crippen LogP contribution in [0.5, 0.6) is 0 Å². The number of hydrogen-bond acceptors (Lipinski definition) is 2. The van der Waals surface area contributed by atoms with E-state index in [9.17, 15) is 19.8 Å². The third-order valence-corrected chi connectivity index (χ3v) is 5.08. The maximum atomic E-state index is 11.6. The standard InChI is InChI=1S/C22H12O4/c23-21(24)12-9-11-3-1-4-13-16-7-8-17(22(25)26)14-5-2-6-15(20(14)16)18(10-12)19(11)13/h1-10H,(H,23,24)(H,25,26). The van der Waals surface area contributed by atoms with Crippen molar-refractivity contribution in [2.24, 2.45) is 0 Å². The summed E-state index contributed by atoms with van der Waals surface area (Å²) in [6.45, 7) is 0. The molecule has 0 unspecified atom stereocenters. The third-order valence-electron chi connectivity index (χ3n) is 5.08. The van der Waals surface area contributed by atoms with Crippen LogP contribution >= 0.6 is 0 Å². The summed E-state index contributed by atoms with van der Waals surface area (Å²) < 4.78 is 0. The molecule has 26 heavy (non-hydrogen) atoms. The molecular weight excluding hydrogens is 328 g/mol. The molecule has 0 fully saturated rings. The van der Waals surface area contributed by atoms with E-state index in [1.807, 2.05) is 36.4 Å². The Hall–Kier alpha value is -3.66. The minimum absolute atomic E-state index is 0.222. The lowest BCUT2D eigenvalue weighted by Gasteiger charge is -2.16. The number of benzene rings is 5. The van der Waals surface area contributed by atoms with Crippen molar-refractivity contribution in [2.45, 2.75) is 0 Å². The molecule has 0 amide bonds. The van der Waals surface area contributed by atoms with Crippen molar-refractivity contribution < 1.29 is 19.8 Å². The maximum absolute atomic E-state index is 11.6. The highest BCUT2D eigenvalue weighted by atomic mass is 16.4. The van der Waals surface area contributed by atoms with Crippen molar-refractivity contribution in [1.82, 2.24) is 0 Å². The van der Waals surface area contributed by atoms with Crippen LogP contribution in [0.1, 0.15) is 20.7 Å². The summed E-state index contributed by atoms with van der Waals surface area (Å²) in [5, 5.41) is 26.1. The van der Waals surface area contributed by atoms with E-state index in [0.29, 0.717) is 5.39 Å². The van der Waals surface area contributed by atoms with Crippen molar-refractivity contribution in [3.63, 3.8) is 0 Å². The van der Waals surface area contributed by atoms with Crippen LogP contribution in [0.3, 0.4) is 0 Å². The molecule has 5 rings (SSSR count). The monoisotopic (exact) mass is 340 g/mol. The van der Waals surface area contributed by atoms with Gasteiger partial charge in [-0.05, 0) is 61.3 Å². The van der Waals surface area contributed by atoms with Crippen LogP contribution in [0.25, 0.3) is 43.1 Å². The van der Waals surface area contributed by atoms with Crippen molar-refractivity contribution in [1.29, 1.82) is 0 Å². The van der Waals surface area contributed by atoms with Gasteiger partial charge in [0.05, 0.1) is 11.1 Å². The molecule has 5 aromatic carbocycles. The number of carbonyl (C=O) groups is 2. The van der Waals surface area contributed by atoms with Gasteiger partial charge in [-0.25, -0.2) is 9.59 Å². The Morgan fingerprint density at radius 2 is 1.27 bits per heavy atom. The fraction of sp³-hybridized carbons (Fsp3) is 0. The Bertz CT molecular complexity index is 1380. The van der Waals surface area contributed by atoms with Crippen LogP contribution in [0.15, 0.2) is 60.7 Å². The van der Waals surface area contributed by atoms with Crippen LogP contribution in [0.2, 0.25) is 0 Å². The minimum atomic E-state index is -0.981. The molecule has 0 spiro atoms. The van der Waals surface area contributed by atoms with Crippen molar-refractivity contribution in [3.8, 4) is 0 Å². The van der Waals surface area contributed by atoms with Crippen LogP contribution in [0.4, 0.5) is 0 Å². The molecule has 124 valence electrons. The zero-order valence-corrected chi connectivity index (χ0v) is 13.5. The Labute approximate surface area is 147 Å².